The summed E-state index contributed by atoms with van der Waals surface area (Å²) in [7, 11) is -2.29. The van der Waals surface area contributed by atoms with Crippen LogP contribution in [-0.2, 0) is 14.5 Å². The van der Waals surface area contributed by atoms with Gasteiger partial charge >= 0.3 is 0 Å². The fraction of sp³-hybridized carbons (Fsp3) is 0.571. The number of nitrogens with zero attached hydrogens (tertiary/aromatic N) is 1. The molecule has 0 saturated heterocycles. The predicted molar refractivity (Wildman–Crippen MR) is 46.9 cm³/mol. The Morgan fingerprint density at radius 1 is 1.36 bits per heavy atom. The lowest BCUT2D eigenvalue weighted by Gasteiger charge is -1.90. The minimum Gasteiger partial charge on any atom is -0.267 e. The molecule has 3 nitrogen and oxygen atoms in total. The summed E-state index contributed by atoms with van der Waals surface area (Å²) >= 11 is 0. The maximum atomic E-state index is 11.0. The Balaban J connectivity index is 4.59. The Morgan fingerprint density at radius 3 is 2.09 bits per heavy atom. The van der Waals surface area contributed by atoms with Crippen LogP contribution in [0.3, 0.4) is 0 Å². The van der Waals surface area contributed by atoms with Crippen LogP contribution in [0.1, 0.15) is 13.8 Å². The van der Waals surface area contributed by atoms with Gasteiger partial charge in [0.1, 0.15) is 0 Å². The molecule has 0 bridgehead atoms. The average molecular weight is 175 g/mol. The molecule has 0 rings (SSSR count). The molecule has 0 aliphatic carbocycles. The summed E-state index contributed by atoms with van der Waals surface area (Å²) in [6.45, 7) is 3.58. The summed E-state index contributed by atoms with van der Waals surface area (Å²) < 4.78 is 14.4. The first kappa shape index (κ1) is 10.4. The third-order valence-electron chi connectivity index (χ3n) is 0.722. The van der Waals surface area contributed by atoms with Crippen molar-refractivity contribution in [1.82, 2.24) is 0 Å². The second-order valence-electron chi connectivity index (χ2n) is 2.83. The summed E-state index contributed by atoms with van der Waals surface area (Å²) in [5.41, 5.74) is 0.863. The molecule has 0 fully saturated rings. The molecule has 11 heavy (non-hydrogen) atoms. The molecule has 0 heterocycles. The number of hydrogen-bond donors (Lipinski definition) is 0. The Morgan fingerprint density at radius 2 is 1.82 bits per heavy atom. The van der Waals surface area contributed by atoms with E-state index in [1.807, 2.05) is 0 Å². The topological polar surface area (TPSA) is 46.5 Å². The number of carbonyl (C=O) groups is 1. The van der Waals surface area contributed by atoms with Gasteiger partial charge < -0.3 is 0 Å². The molecule has 0 saturated carbocycles. The van der Waals surface area contributed by atoms with E-state index in [9.17, 15) is 9.00 Å². The fourth-order valence-electron chi connectivity index (χ4n) is 0.490. The molecule has 64 valence electrons. The Kier molecular flexibility index (Phi) is 3.45. The van der Waals surface area contributed by atoms with Gasteiger partial charge in [-0.15, -0.1) is 0 Å². The van der Waals surface area contributed by atoms with Crippen molar-refractivity contribution >= 4 is 15.6 Å². The predicted octanol–water partition coefficient (Wildman–Crippen LogP) is 1.21. The van der Waals surface area contributed by atoms with Crippen LogP contribution in [0.5, 0.6) is 0 Å². The van der Waals surface area contributed by atoms with Gasteiger partial charge in [0.25, 0.3) is 5.91 Å². The number of amides is 1. The Hall–Kier alpha value is -0.640. The molecule has 0 radical (unpaired) electrons. The third-order valence-corrected chi connectivity index (χ3v) is 1.34. The standard InChI is InChI=1S/C7H13NO2S/c1-6(2)5-7(9)8-11(3,4)10/h5H,1-4H3. The summed E-state index contributed by atoms with van der Waals surface area (Å²) in [6, 6.07) is 0. The average Bonchev–Trinajstić information content (AvgIpc) is 1.53. The second-order valence-corrected chi connectivity index (χ2v) is 5.38. The molecule has 0 aromatic rings. The van der Waals surface area contributed by atoms with Gasteiger partial charge in [-0.3, -0.25) is 4.79 Å². The number of rotatable bonds is 1. The van der Waals surface area contributed by atoms with Crippen molar-refractivity contribution < 1.29 is 9.00 Å². The highest BCUT2D eigenvalue weighted by Gasteiger charge is 1.95. The first-order valence-electron chi connectivity index (χ1n) is 3.17. The van der Waals surface area contributed by atoms with Gasteiger partial charge in [0.2, 0.25) is 0 Å². The van der Waals surface area contributed by atoms with Crippen LogP contribution < -0.4 is 0 Å². The van der Waals surface area contributed by atoms with E-state index in [0.717, 1.165) is 5.57 Å². The van der Waals surface area contributed by atoms with Crippen LogP contribution in [-0.4, -0.2) is 22.6 Å². The van der Waals surface area contributed by atoms with E-state index in [2.05, 4.69) is 4.36 Å². The van der Waals surface area contributed by atoms with Gasteiger partial charge in [0, 0.05) is 28.3 Å². The molecule has 0 aliphatic rings. The lowest BCUT2D eigenvalue weighted by molar-refractivity contribution is -0.113. The van der Waals surface area contributed by atoms with Crippen molar-refractivity contribution in [3.05, 3.63) is 11.6 Å². The van der Waals surface area contributed by atoms with Crippen LogP contribution >= 0.6 is 0 Å². The van der Waals surface area contributed by atoms with Gasteiger partial charge in [0.05, 0.1) is 0 Å². The quantitative estimate of drug-likeness (QED) is 0.562. The van der Waals surface area contributed by atoms with Crippen molar-refractivity contribution in [2.24, 2.45) is 4.36 Å². The molecule has 0 aromatic heterocycles. The number of hydrogen-bond acceptors (Lipinski definition) is 2. The highest BCUT2D eigenvalue weighted by molar-refractivity contribution is 7.92. The molecule has 1 amide bonds. The van der Waals surface area contributed by atoms with Gasteiger partial charge in [0.15, 0.2) is 0 Å². The van der Waals surface area contributed by atoms with E-state index in [1.54, 1.807) is 13.8 Å². The normalized spacial score (nSPS) is 10.5. The first-order chi connectivity index (χ1) is 4.81. The molecule has 4 heteroatoms. The minimum atomic E-state index is -2.29. The van der Waals surface area contributed by atoms with E-state index in [4.69, 9.17) is 0 Å². The third kappa shape index (κ3) is 7.25. The molecule has 0 aliphatic heterocycles. The van der Waals surface area contributed by atoms with Crippen LogP contribution in [0, 0.1) is 0 Å². The maximum absolute atomic E-state index is 11.0. The minimum absolute atomic E-state index is 0.417. The lowest BCUT2D eigenvalue weighted by atomic mass is 10.3. The largest absolute Gasteiger partial charge is 0.277 e. The zero-order valence-corrected chi connectivity index (χ0v) is 8.07. The van der Waals surface area contributed by atoms with E-state index in [1.165, 1.54) is 18.6 Å². The van der Waals surface area contributed by atoms with Gasteiger partial charge in [-0.1, -0.05) is 5.57 Å². The Bertz CT molecular complexity index is 284. The highest BCUT2D eigenvalue weighted by atomic mass is 32.2. The van der Waals surface area contributed by atoms with E-state index >= 15 is 0 Å². The first-order valence-corrected chi connectivity index (χ1v) is 5.50. The molecule has 0 N–H and O–H groups in total. The van der Waals surface area contributed by atoms with E-state index < -0.39 is 15.6 Å². The fourth-order valence-corrected chi connectivity index (χ4v) is 0.976. The summed E-state index contributed by atoms with van der Waals surface area (Å²) in [4.78, 5) is 10.8. The summed E-state index contributed by atoms with van der Waals surface area (Å²) in [5.74, 6) is -0.417. The van der Waals surface area contributed by atoms with Gasteiger partial charge in [-0.05, 0) is 13.8 Å². The molecule has 0 aromatic carbocycles. The molecular weight excluding hydrogens is 162 g/mol. The van der Waals surface area contributed by atoms with Crippen molar-refractivity contribution in [2.75, 3.05) is 12.5 Å². The van der Waals surface area contributed by atoms with Gasteiger partial charge in [-0.25, -0.2) is 4.21 Å². The monoisotopic (exact) mass is 175 g/mol. The highest BCUT2D eigenvalue weighted by Crippen LogP contribution is 1.92. The zero-order chi connectivity index (χ0) is 9.07. The number of carbonyl (C=O) groups excluding carboxylic acids is 1. The van der Waals surface area contributed by atoms with Crippen LogP contribution in [0.4, 0.5) is 0 Å². The van der Waals surface area contributed by atoms with Crippen molar-refractivity contribution in [3.63, 3.8) is 0 Å². The maximum Gasteiger partial charge on any atom is 0.277 e. The summed E-state index contributed by atoms with van der Waals surface area (Å²) in [6.07, 6.45) is 4.24. The lowest BCUT2D eigenvalue weighted by Crippen LogP contribution is -1.97. The second kappa shape index (κ2) is 3.67. The number of allylic oxidation sites excluding steroid dienone is 1. The SMILES string of the molecule is CC(C)=CC(=O)N=S(C)(C)=O. The smallest absolute Gasteiger partial charge is 0.267 e. The Labute approximate surface area is 67.7 Å². The molecular formula is C7H13NO2S. The van der Waals surface area contributed by atoms with Crippen molar-refractivity contribution in [2.45, 2.75) is 13.8 Å². The van der Waals surface area contributed by atoms with Crippen LogP contribution in [0.2, 0.25) is 0 Å². The molecule has 0 unspecified atom stereocenters. The molecule has 0 spiro atoms. The zero-order valence-electron chi connectivity index (χ0n) is 7.25. The van der Waals surface area contributed by atoms with Crippen molar-refractivity contribution in [3.8, 4) is 0 Å². The van der Waals surface area contributed by atoms with Crippen LogP contribution in [0.25, 0.3) is 0 Å². The van der Waals surface area contributed by atoms with Crippen molar-refractivity contribution in [1.29, 1.82) is 0 Å². The van der Waals surface area contributed by atoms with E-state index in [-0.39, 0.29) is 0 Å². The van der Waals surface area contributed by atoms with Crippen LogP contribution in [0.15, 0.2) is 16.0 Å². The molecule has 0 atom stereocenters. The van der Waals surface area contributed by atoms with E-state index in [0.29, 0.717) is 0 Å². The summed E-state index contributed by atoms with van der Waals surface area (Å²) in [5, 5.41) is 0. The van der Waals surface area contributed by atoms with Gasteiger partial charge in [-0.2, -0.15) is 4.36 Å².